The van der Waals surface area contributed by atoms with E-state index in [9.17, 15) is 19.6 Å². The van der Waals surface area contributed by atoms with Crippen LogP contribution in [0.15, 0.2) is 29.8 Å². The van der Waals surface area contributed by atoms with Crippen molar-refractivity contribution in [2.75, 3.05) is 46.5 Å². The molecule has 2 amide bonds. The van der Waals surface area contributed by atoms with Crippen molar-refractivity contribution in [2.45, 2.75) is 6.92 Å². The number of carbonyl (C=O) groups excluding carboxylic acids is 3. The smallest absolute Gasteiger partial charge is 0.409 e. The molecule has 0 aromatic heterocycles. The number of nitriles is 1. The molecule has 154 valence electrons. The lowest BCUT2D eigenvalue weighted by molar-refractivity contribution is -0.149. The van der Waals surface area contributed by atoms with Crippen LogP contribution in [0.5, 0.6) is 5.75 Å². The topological polar surface area (TPSA) is 109 Å². The molecular weight excluding hydrogens is 378 g/mol. The van der Waals surface area contributed by atoms with Gasteiger partial charge in [-0.25, -0.2) is 9.59 Å². The summed E-state index contributed by atoms with van der Waals surface area (Å²) in [5, 5.41) is 9.21. The number of methoxy groups -OCH3 is 1. The number of hydrogen-bond acceptors (Lipinski definition) is 7. The van der Waals surface area contributed by atoms with Gasteiger partial charge in [0.1, 0.15) is 17.4 Å². The van der Waals surface area contributed by atoms with E-state index in [4.69, 9.17) is 14.2 Å². The average molecular weight is 401 g/mol. The molecule has 0 unspecified atom stereocenters. The molecule has 1 fully saturated rings. The van der Waals surface area contributed by atoms with Gasteiger partial charge in [0.05, 0.1) is 13.7 Å². The predicted octanol–water partition coefficient (Wildman–Crippen LogP) is 1.45. The molecule has 0 N–H and O–H groups in total. The average Bonchev–Trinajstić information content (AvgIpc) is 2.76. The Balaban J connectivity index is 1.85. The van der Waals surface area contributed by atoms with E-state index in [0.717, 1.165) is 0 Å². The summed E-state index contributed by atoms with van der Waals surface area (Å²) in [5.74, 6) is -0.609. The monoisotopic (exact) mass is 401 g/mol. The zero-order chi connectivity index (χ0) is 21.2. The number of piperazine rings is 1. The first-order valence-electron chi connectivity index (χ1n) is 9.11. The normalized spacial score (nSPS) is 14.0. The van der Waals surface area contributed by atoms with Crippen molar-refractivity contribution in [1.82, 2.24) is 9.80 Å². The van der Waals surface area contributed by atoms with Crippen molar-refractivity contribution in [3.63, 3.8) is 0 Å². The van der Waals surface area contributed by atoms with E-state index in [0.29, 0.717) is 44.1 Å². The van der Waals surface area contributed by atoms with Gasteiger partial charge in [0.15, 0.2) is 6.61 Å². The Bertz CT molecular complexity index is 805. The number of rotatable bonds is 6. The fourth-order valence-corrected chi connectivity index (χ4v) is 2.65. The molecule has 9 nitrogen and oxygen atoms in total. The van der Waals surface area contributed by atoms with E-state index < -0.39 is 18.7 Å². The van der Waals surface area contributed by atoms with Crippen LogP contribution in [0.1, 0.15) is 12.5 Å². The molecule has 0 aliphatic carbocycles. The van der Waals surface area contributed by atoms with Crippen LogP contribution >= 0.6 is 0 Å². The van der Waals surface area contributed by atoms with E-state index in [1.165, 1.54) is 23.0 Å². The second-order valence-corrected chi connectivity index (χ2v) is 6.09. The minimum Gasteiger partial charge on any atom is -0.497 e. The Morgan fingerprint density at radius 2 is 1.69 bits per heavy atom. The van der Waals surface area contributed by atoms with Crippen LogP contribution < -0.4 is 4.74 Å². The molecule has 1 aliphatic heterocycles. The first kappa shape index (κ1) is 21.8. The molecule has 1 aromatic rings. The summed E-state index contributed by atoms with van der Waals surface area (Å²) in [6, 6.07) is 8.57. The zero-order valence-corrected chi connectivity index (χ0v) is 16.4. The maximum Gasteiger partial charge on any atom is 0.409 e. The highest BCUT2D eigenvalue weighted by Crippen LogP contribution is 2.14. The Labute approximate surface area is 169 Å². The summed E-state index contributed by atoms with van der Waals surface area (Å²) in [6.07, 6.45) is 0.970. The van der Waals surface area contributed by atoms with Crippen molar-refractivity contribution < 1.29 is 28.6 Å². The number of ether oxygens (including phenoxy) is 3. The van der Waals surface area contributed by atoms with Gasteiger partial charge >= 0.3 is 12.1 Å². The third kappa shape index (κ3) is 6.24. The molecule has 1 heterocycles. The first-order valence-corrected chi connectivity index (χ1v) is 9.11. The van der Waals surface area contributed by atoms with Gasteiger partial charge < -0.3 is 24.0 Å². The molecule has 9 heteroatoms. The standard InChI is InChI=1S/C20H23N3O6/c1-3-28-20(26)23-10-8-22(9-11-23)18(24)14-29-19(25)16(13-21)12-15-4-6-17(27-2)7-5-15/h4-7,12H,3,8-11,14H2,1-2H3/b16-12+. The number of hydrogen-bond donors (Lipinski definition) is 0. The van der Waals surface area contributed by atoms with Crippen LogP contribution in [0.4, 0.5) is 4.79 Å². The lowest BCUT2D eigenvalue weighted by Gasteiger charge is -2.33. The van der Waals surface area contributed by atoms with Crippen LogP contribution in [-0.2, 0) is 19.1 Å². The van der Waals surface area contributed by atoms with Crippen molar-refractivity contribution >= 4 is 24.0 Å². The fourth-order valence-electron chi connectivity index (χ4n) is 2.65. The molecule has 0 radical (unpaired) electrons. The minimum absolute atomic E-state index is 0.213. The number of benzene rings is 1. The second-order valence-electron chi connectivity index (χ2n) is 6.09. The highest BCUT2D eigenvalue weighted by Gasteiger charge is 2.25. The summed E-state index contributed by atoms with van der Waals surface area (Å²) in [4.78, 5) is 39.1. The van der Waals surface area contributed by atoms with Gasteiger partial charge in [0.25, 0.3) is 5.91 Å². The lowest BCUT2D eigenvalue weighted by atomic mass is 10.1. The number of carbonyl (C=O) groups is 3. The van der Waals surface area contributed by atoms with E-state index in [1.54, 1.807) is 37.3 Å². The third-order valence-corrected chi connectivity index (χ3v) is 4.25. The van der Waals surface area contributed by atoms with Crippen LogP contribution in [0.25, 0.3) is 6.08 Å². The molecule has 29 heavy (non-hydrogen) atoms. The predicted molar refractivity (Wildman–Crippen MR) is 103 cm³/mol. The molecular formula is C20H23N3O6. The van der Waals surface area contributed by atoms with Gasteiger partial charge in [-0.2, -0.15) is 5.26 Å². The number of nitrogens with zero attached hydrogens (tertiary/aromatic N) is 3. The summed E-state index contributed by atoms with van der Waals surface area (Å²) in [7, 11) is 1.54. The van der Waals surface area contributed by atoms with E-state index in [2.05, 4.69) is 0 Å². The summed E-state index contributed by atoms with van der Waals surface area (Å²) in [6.45, 7) is 2.88. The number of amides is 2. The lowest BCUT2D eigenvalue weighted by Crippen LogP contribution is -2.51. The van der Waals surface area contributed by atoms with Gasteiger partial charge in [-0.05, 0) is 30.7 Å². The Morgan fingerprint density at radius 3 is 2.24 bits per heavy atom. The molecule has 0 spiro atoms. The van der Waals surface area contributed by atoms with Gasteiger partial charge in [-0.1, -0.05) is 12.1 Å². The molecule has 1 aliphatic rings. The van der Waals surface area contributed by atoms with E-state index >= 15 is 0 Å². The largest absolute Gasteiger partial charge is 0.497 e. The second kappa shape index (κ2) is 10.7. The Morgan fingerprint density at radius 1 is 1.07 bits per heavy atom. The van der Waals surface area contributed by atoms with Gasteiger partial charge in [-0.3, -0.25) is 4.79 Å². The molecule has 0 atom stereocenters. The van der Waals surface area contributed by atoms with Crippen molar-refractivity contribution in [1.29, 1.82) is 5.26 Å². The van der Waals surface area contributed by atoms with Crippen LogP contribution in [0.2, 0.25) is 0 Å². The zero-order valence-electron chi connectivity index (χ0n) is 16.4. The number of esters is 1. The van der Waals surface area contributed by atoms with Crippen LogP contribution in [0, 0.1) is 11.3 Å². The summed E-state index contributed by atoms with van der Waals surface area (Å²) in [5.41, 5.74) is 0.413. The Kier molecular flexibility index (Phi) is 8.03. The van der Waals surface area contributed by atoms with Crippen molar-refractivity contribution in [2.24, 2.45) is 0 Å². The van der Waals surface area contributed by atoms with Gasteiger partial charge in [0, 0.05) is 26.2 Å². The SMILES string of the molecule is CCOC(=O)N1CCN(C(=O)COC(=O)/C(C#N)=C/c2ccc(OC)cc2)CC1. The van der Waals surface area contributed by atoms with Crippen molar-refractivity contribution in [3.8, 4) is 11.8 Å². The van der Waals surface area contributed by atoms with Crippen molar-refractivity contribution in [3.05, 3.63) is 35.4 Å². The molecule has 1 saturated heterocycles. The summed E-state index contributed by atoms with van der Waals surface area (Å²) >= 11 is 0. The minimum atomic E-state index is -0.873. The van der Waals surface area contributed by atoms with E-state index in [-0.39, 0.29) is 11.5 Å². The quantitative estimate of drug-likeness (QED) is 0.403. The highest BCUT2D eigenvalue weighted by atomic mass is 16.6. The maximum absolute atomic E-state index is 12.2. The Hall–Kier alpha value is -3.54. The van der Waals surface area contributed by atoms with Gasteiger partial charge in [0.2, 0.25) is 0 Å². The molecule has 1 aromatic carbocycles. The molecule has 0 bridgehead atoms. The van der Waals surface area contributed by atoms with Crippen LogP contribution in [0.3, 0.4) is 0 Å². The third-order valence-electron chi connectivity index (χ3n) is 4.25. The summed E-state index contributed by atoms with van der Waals surface area (Å²) < 4.78 is 15.0. The molecule has 2 rings (SSSR count). The van der Waals surface area contributed by atoms with E-state index in [1.807, 2.05) is 0 Å². The molecule has 0 saturated carbocycles. The fraction of sp³-hybridized carbons (Fsp3) is 0.400. The maximum atomic E-state index is 12.2. The highest BCUT2D eigenvalue weighted by molar-refractivity contribution is 5.98. The first-order chi connectivity index (χ1) is 14.0. The van der Waals surface area contributed by atoms with Crippen LogP contribution in [-0.4, -0.2) is 74.3 Å². The van der Waals surface area contributed by atoms with Gasteiger partial charge in [-0.15, -0.1) is 0 Å².